The van der Waals surface area contributed by atoms with E-state index in [1.165, 1.54) is 12.1 Å². The van der Waals surface area contributed by atoms with E-state index in [0.29, 0.717) is 16.1 Å². The Balaban J connectivity index is 1.68. The number of para-hydroxylation sites is 1. The van der Waals surface area contributed by atoms with Crippen molar-refractivity contribution in [2.75, 3.05) is 24.0 Å². The molecule has 1 N–H and O–H groups in total. The summed E-state index contributed by atoms with van der Waals surface area (Å²) in [4.78, 5) is 12.8. The van der Waals surface area contributed by atoms with Crippen LogP contribution < -0.4 is 14.4 Å². The molecular formula is C25H27BrN2O4S. The van der Waals surface area contributed by atoms with Crippen molar-refractivity contribution >= 4 is 37.5 Å². The number of ether oxygens (including phenoxy) is 1. The van der Waals surface area contributed by atoms with Crippen molar-refractivity contribution in [3.05, 3.63) is 88.9 Å². The van der Waals surface area contributed by atoms with Gasteiger partial charge in [-0.25, -0.2) is 8.42 Å². The van der Waals surface area contributed by atoms with E-state index in [0.717, 1.165) is 15.6 Å². The minimum absolute atomic E-state index is 0.117. The third-order valence-electron chi connectivity index (χ3n) is 4.94. The van der Waals surface area contributed by atoms with Crippen molar-refractivity contribution in [2.45, 2.75) is 24.7 Å². The highest BCUT2D eigenvalue weighted by molar-refractivity contribution is 9.10. The van der Waals surface area contributed by atoms with Crippen LogP contribution in [0.15, 0.2) is 88.2 Å². The molecule has 0 heterocycles. The smallest absolute Gasteiger partial charge is 0.264 e. The van der Waals surface area contributed by atoms with Gasteiger partial charge in [-0.05, 0) is 47.9 Å². The number of rotatable bonds is 10. The molecule has 0 radical (unpaired) electrons. The largest absolute Gasteiger partial charge is 0.491 e. The van der Waals surface area contributed by atoms with Crippen molar-refractivity contribution in [1.82, 2.24) is 5.32 Å². The van der Waals surface area contributed by atoms with Crippen LogP contribution in [-0.4, -0.2) is 34.0 Å². The van der Waals surface area contributed by atoms with Crippen LogP contribution in [0.2, 0.25) is 0 Å². The summed E-state index contributed by atoms with van der Waals surface area (Å²) in [6.45, 7) is 4.36. The second-order valence-corrected chi connectivity index (χ2v) is 10.5. The molecule has 1 amide bonds. The maximum absolute atomic E-state index is 13.3. The molecule has 0 aliphatic carbocycles. The Morgan fingerprint density at radius 3 is 2.39 bits per heavy atom. The van der Waals surface area contributed by atoms with Gasteiger partial charge in [0.15, 0.2) is 0 Å². The van der Waals surface area contributed by atoms with Crippen LogP contribution in [-0.2, 0) is 14.8 Å². The predicted molar refractivity (Wildman–Crippen MR) is 134 cm³/mol. The minimum atomic E-state index is -3.93. The van der Waals surface area contributed by atoms with Gasteiger partial charge in [-0.3, -0.25) is 9.10 Å². The number of sulfonamides is 1. The van der Waals surface area contributed by atoms with Crippen molar-refractivity contribution in [3.63, 3.8) is 0 Å². The molecule has 0 saturated heterocycles. The van der Waals surface area contributed by atoms with Crippen molar-refractivity contribution < 1.29 is 17.9 Å². The lowest BCUT2D eigenvalue weighted by molar-refractivity contribution is -0.119. The SMILES string of the molecule is CC(C)c1ccccc1OCCNC(=O)CN(c1cccc(Br)c1)S(=O)(=O)c1ccccc1. The Labute approximate surface area is 203 Å². The molecule has 0 aliphatic rings. The van der Waals surface area contributed by atoms with Gasteiger partial charge in [-0.1, -0.05) is 72.2 Å². The van der Waals surface area contributed by atoms with Crippen LogP contribution in [0.5, 0.6) is 5.75 Å². The molecule has 6 nitrogen and oxygen atoms in total. The van der Waals surface area contributed by atoms with E-state index >= 15 is 0 Å². The zero-order valence-corrected chi connectivity index (χ0v) is 21.0. The molecule has 8 heteroatoms. The number of nitrogens with one attached hydrogen (secondary N) is 1. The van der Waals surface area contributed by atoms with Gasteiger partial charge in [0.05, 0.1) is 17.1 Å². The van der Waals surface area contributed by atoms with Gasteiger partial charge in [0, 0.05) is 4.47 Å². The Hall–Kier alpha value is -2.84. The lowest BCUT2D eigenvalue weighted by atomic mass is 10.0. The summed E-state index contributed by atoms with van der Waals surface area (Å²) in [6.07, 6.45) is 0. The van der Waals surface area contributed by atoms with Crippen molar-refractivity contribution in [3.8, 4) is 5.75 Å². The van der Waals surface area contributed by atoms with E-state index in [4.69, 9.17) is 4.74 Å². The van der Waals surface area contributed by atoms with E-state index in [2.05, 4.69) is 35.1 Å². The number of hydrogen-bond donors (Lipinski definition) is 1. The van der Waals surface area contributed by atoms with Crippen LogP contribution >= 0.6 is 15.9 Å². The first-order valence-electron chi connectivity index (χ1n) is 10.6. The average molecular weight is 531 g/mol. The van der Waals surface area contributed by atoms with Gasteiger partial charge in [-0.2, -0.15) is 0 Å². The molecule has 0 aliphatic heterocycles. The fourth-order valence-electron chi connectivity index (χ4n) is 3.29. The average Bonchev–Trinajstić information content (AvgIpc) is 2.81. The van der Waals surface area contributed by atoms with Crippen LogP contribution in [0.25, 0.3) is 0 Å². The summed E-state index contributed by atoms with van der Waals surface area (Å²) in [6, 6.07) is 22.7. The summed E-state index contributed by atoms with van der Waals surface area (Å²) >= 11 is 3.37. The van der Waals surface area contributed by atoms with Gasteiger partial charge >= 0.3 is 0 Å². The summed E-state index contributed by atoms with van der Waals surface area (Å²) in [5.41, 5.74) is 1.49. The molecule has 0 bridgehead atoms. The molecule has 0 atom stereocenters. The molecule has 0 aromatic heterocycles. The second-order valence-electron chi connectivity index (χ2n) is 7.70. The fourth-order valence-corrected chi connectivity index (χ4v) is 5.11. The first-order valence-corrected chi connectivity index (χ1v) is 12.8. The monoisotopic (exact) mass is 530 g/mol. The van der Waals surface area contributed by atoms with E-state index in [-0.39, 0.29) is 24.6 Å². The molecule has 3 aromatic rings. The van der Waals surface area contributed by atoms with Gasteiger partial charge in [0.25, 0.3) is 10.0 Å². The zero-order valence-electron chi connectivity index (χ0n) is 18.6. The fraction of sp³-hybridized carbons (Fsp3) is 0.240. The quantitative estimate of drug-likeness (QED) is 0.375. The topological polar surface area (TPSA) is 75.7 Å². The number of carbonyl (C=O) groups is 1. The third kappa shape index (κ3) is 6.58. The van der Waals surface area contributed by atoms with Crippen LogP contribution in [0.4, 0.5) is 5.69 Å². The van der Waals surface area contributed by atoms with Gasteiger partial charge in [-0.15, -0.1) is 0 Å². The summed E-state index contributed by atoms with van der Waals surface area (Å²) in [5.74, 6) is 0.678. The Morgan fingerprint density at radius 2 is 1.70 bits per heavy atom. The molecule has 174 valence electrons. The van der Waals surface area contributed by atoms with Gasteiger partial charge in [0.1, 0.15) is 18.9 Å². The molecular weight excluding hydrogens is 504 g/mol. The maximum Gasteiger partial charge on any atom is 0.264 e. The first-order chi connectivity index (χ1) is 15.8. The molecule has 0 spiro atoms. The highest BCUT2D eigenvalue weighted by atomic mass is 79.9. The Bertz CT molecular complexity index is 1180. The van der Waals surface area contributed by atoms with Gasteiger partial charge in [0.2, 0.25) is 5.91 Å². The Morgan fingerprint density at radius 1 is 1.00 bits per heavy atom. The number of carbonyl (C=O) groups excluding carboxylic acids is 1. The predicted octanol–water partition coefficient (Wildman–Crippen LogP) is 4.96. The van der Waals surface area contributed by atoms with Crippen LogP contribution in [0, 0.1) is 0 Å². The van der Waals surface area contributed by atoms with E-state index in [1.54, 1.807) is 42.5 Å². The summed E-state index contributed by atoms with van der Waals surface area (Å²) in [7, 11) is -3.93. The normalized spacial score (nSPS) is 11.3. The van der Waals surface area contributed by atoms with Gasteiger partial charge < -0.3 is 10.1 Å². The molecule has 3 rings (SSSR count). The third-order valence-corrected chi connectivity index (χ3v) is 7.22. The molecule has 3 aromatic carbocycles. The highest BCUT2D eigenvalue weighted by Crippen LogP contribution is 2.27. The maximum atomic E-state index is 13.3. The highest BCUT2D eigenvalue weighted by Gasteiger charge is 2.27. The number of anilines is 1. The number of nitrogens with zero attached hydrogens (tertiary/aromatic N) is 1. The van der Waals surface area contributed by atoms with Crippen molar-refractivity contribution in [2.24, 2.45) is 0 Å². The van der Waals surface area contributed by atoms with E-state index < -0.39 is 15.9 Å². The lowest BCUT2D eigenvalue weighted by Gasteiger charge is -2.24. The minimum Gasteiger partial charge on any atom is -0.491 e. The number of amides is 1. The molecule has 0 unspecified atom stereocenters. The van der Waals surface area contributed by atoms with Crippen LogP contribution in [0.3, 0.4) is 0 Å². The van der Waals surface area contributed by atoms with Crippen LogP contribution in [0.1, 0.15) is 25.3 Å². The standard InChI is InChI=1S/C25H27BrN2O4S/c1-19(2)23-13-6-7-14-24(23)32-16-15-27-25(29)18-28(21-10-8-9-20(26)17-21)33(30,31)22-11-4-3-5-12-22/h3-14,17,19H,15-16,18H2,1-2H3,(H,27,29). The summed E-state index contributed by atoms with van der Waals surface area (Å²) < 4.78 is 34.3. The molecule has 0 fully saturated rings. The van der Waals surface area contributed by atoms with E-state index in [1.807, 2.05) is 24.3 Å². The number of halogens is 1. The number of benzene rings is 3. The van der Waals surface area contributed by atoms with Crippen molar-refractivity contribution in [1.29, 1.82) is 0 Å². The molecule has 0 saturated carbocycles. The molecule has 33 heavy (non-hydrogen) atoms. The lowest BCUT2D eigenvalue weighted by Crippen LogP contribution is -2.41. The Kier molecular flexibility index (Phi) is 8.52. The first kappa shape index (κ1) is 24.8. The second kappa shape index (κ2) is 11.3. The number of hydrogen-bond acceptors (Lipinski definition) is 4. The van der Waals surface area contributed by atoms with E-state index in [9.17, 15) is 13.2 Å². The summed E-state index contributed by atoms with van der Waals surface area (Å²) in [5, 5.41) is 2.76. The zero-order chi connectivity index (χ0) is 23.8.